The maximum Gasteiger partial charge on any atom is 0.137 e. The molecule has 0 fully saturated rings. The third-order valence-electron chi connectivity index (χ3n) is 2.92. The molecule has 0 amide bonds. The first kappa shape index (κ1) is 13.9. The predicted octanol–water partition coefficient (Wildman–Crippen LogP) is 3.62. The highest BCUT2D eigenvalue weighted by atomic mass is 35.5. The van der Waals surface area contributed by atoms with Gasteiger partial charge in [0.1, 0.15) is 28.8 Å². The van der Waals surface area contributed by atoms with E-state index in [4.69, 9.17) is 16.0 Å². The molecule has 0 aromatic carbocycles. The molecule has 2 rings (SSSR count). The van der Waals surface area contributed by atoms with E-state index in [0.717, 1.165) is 35.7 Å². The molecule has 0 unspecified atom stereocenters. The van der Waals surface area contributed by atoms with Crippen molar-refractivity contribution in [1.82, 2.24) is 9.97 Å². The summed E-state index contributed by atoms with van der Waals surface area (Å²) in [6.07, 6.45) is 3.38. The van der Waals surface area contributed by atoms with Gasteiger partial charge in [-0.15, -0.1) is 0 Å². The van der Waals surface area contributed by atoms with E-state index in [-0.39, 0.29) is 0 Å². The lowest BCUT2D eigenvalue weighted by atomic mass is 10.2. The van der Waals surface area contributed by atoms with Crippen molar-refractivity contribution >= 4 is 17.4 Å². The maximum atomic E-state index is 6.16. The summed E-state index contributed by atoms with van der Waals surface area (Å²) >= 11 is 6.16. The van der Waals surface area contributed by atoms with E-state index in [1.807, 2.05) is 31.0 Å². The zero-order chi connectivity index (χ0) is 13.8. The van der Waals surface area contributed by atoms with Crippen LogP contribution >= 0.6 is 11.6 Å². The van der Waals surface area contributed by atoms with E-state index < -0.39 is 0 Å². The van der Waals surface area contributed by atoms with E-state index in [9.17, 15) is 0 Å². The van der Waals surface area contributed by atoms with Crippen LogP contribution in [0.3, 0.4) is 0 Å². The van der Waals surface area contributed by atoms with E-state index >= 15 is 0 Å². The van der Waals surface area contributed by atoms with Crippen LogP contribution in [0.5, 0.6) is 0 Å². The summed E-state index contributed by atoms with van der Waals surface area (Å²) in [5.74, 6) is 2.70. The summed E-state index contributed by atoms with van der Waals surface area (Å²) in [4.78, 5) is 10.4. The lowest BCUT2D eigenvalue weighted by Crippen LogP contribution is -2.19. The van der Waals surface area contributed by atoms with Crippen LogP contribution in [0, 0.1) is 6.92 Å². The van der Waals surface area contributed by atoms with Crippen molar-refractivity contribution in [3.63, 3.8) is 0 Å². The highest BCUT2D eigenvalue weighted by molar-refractivity contribution is 6.30. The molecule has 0 saturated heterocycles. The average Bonchev–Trinajstić information content (AvgIpc) is 2.77. The summed E-state index contributed by atoms with van der Waals surface area (Å²) in [5.41, 5.74) is 0.998. The van der Waals surface area contributed by atoms with Crippen LogP contribution in [-0.4, -0.2) is 17.0 Å². The van der Waals surface area contributed by atoms with Crippen LogP contribution in [0.1, 0.15) is 30.4 Å². The van der Waals surface area contributed by atoms with Crippen molar-refractivity contribution in [2.24, 2.45) is 0 Å². The summed E-state index contributed by atoms with van der Waals surface area (Å²) in [6, 6.07) is 3.94. The number of furan rings is 1. The van der Waals surface area contributed by atoms with E-state index in [1.165, 1.54) is 6.33 Å². The first-order valence-electron chi connectivity index (χ1n) is 6.37. The highest BCUT2D eigenvalue weighted by Crippen LogP contribution is 2.25. The summed E-state index contributed by atoms with van der Waals surface area (Å²) < 4.78 is 5.59. The number of aryl methyl sites for hydroxylation is 1. The SMILES string of the molecule is CCCc1c(Cl)ncnc1N(C)Cc1ccc(C)o1. The molecule has 0 aliphatic heterocycles. The van der Waals surface area contributed by atoms with E-state index in [0.29, 0.717) is 11.7 Å². The van der Waals surface area contributed by atoms with Gasteiger partial charge in [-0.2, -0.15) is 0 Å². The zero-order valence-electron chi connectivity index (χ0n) is 11.5. The fourth-order valence-electron chi connectivity index (χ4n) is 2.05. The van der Waals surface area contributed by atoms with Crippen LogP contribution in [0.2, 0.25) is 5.15 Å². The van der Waals surface area contributed by atoms with Crippen molar-refractivity contribution in [2.75, 3.05) is 11.9 Å². The molecule has 4 nitrogen and oxygen atoms in total. The third-order valence-corrected chi connectivity index (χ3v) is 3.25. The molecule has 0 aliphatic rings. The lowest BCUT2D eigenvalue weighted by Gasteiger charge is -2.20. The summed E-state index contributed by atoms with van der Waals surface area (Å²) in [7, 11) is 1.98. The van der Waals surface area contributed by atoms with E-state index in [2.05, 4.69) is 16.9 Å². The Bertz CT molecular complexity index is 553. The Labute approximate surface area is 118 Å². The van der Waals surface area contributed by atoms with Crippen LogP contribution in [0.15, 0.2) is 22.9 Å². The molecule has 0 atom stereocenters. The molecule has 2 aromatic heterocycles. The number of hydrogen-bond donors (Lipinski definition) is 0. The Morgan fingerprint density at radius 2 is 2.11 bits per heavy atom. The Kier molecular flexibility index (Phi) is 4.43. The van der Waals surface area contributed by atoms with Gasteiger partial charge in [0.05, 0.1) is 6.54 Å². The van der Waals surface area contributed by atoms with Crippen LogP contribution < -0.4 is 4.90 Å². The van der Waals surface area contributed by atoms with Crippen LogP contribution in [0.25, 0.3) is 0 Å². The quantitative estimate of drug-likeness (QED) is 0.784. The molecule has 102 valence electrons. The second kappa shape index (κ2) is 6.06. The standard InChI is InChI=1S/C14H18ClN3O/c1-4-5-12-13(15)16-9-17-14(12)18(3)8-11-7-6-10(2)19-11/h6-7,9H,4-5,8H2,1-3H3. The largest absolute Gasteiger partial charge is 0.464 e. The normalized spacial score (nSPS) is 10.7. The molecular formula is C14H18ClN3O. The number of halogens is 1. The van der Waals surface area contributed by atoms with Crippen molar-refractivity contribution in [1.29, 1.82) is 0 Å². The minimum atomic E-state index is 0.536. The number of anilines is 1. The van der Waals surface area contributed by atoms with Gasteiger partial charge in [-0.05, 0) is 25.5 Å². The summed E-state index contributed by atoms with van der Waals surface area (Å²) in [6.45, 7) is 4.72. The molecule has 0 radical (unpaired) electrons. The molecule has 19 heavy (non-hydrogen) atoms. The monoisotopic (exact) mass is 279 g/mol. The van der Waals surface area contributed by atoms with E-state index in [1.54, 1.807) is 0 Å². The first-order chi connectivity index (χ1) is 9.11. The topological polar surface area (TPSA) is 42.2 Å². The predicted molar refractivity (Wildman–Crippen MR) is 76.6 cm³/mol. The molecule has 2 aromatic rings. The van der Waals surface area contributed by atoms with Gasteiger partial charge in [0.2, 0.25) is 0 Å². The maximum absolute atomic E-state index is 6.16. The van der Waals surface area contributed by atoms with Gasteiger partial charge in [0, 0.05) is 12.6 Å². The molecule has 0 saturated carbocycles. The molecular weight excluding hydrogens is 262 g/mol. The van der Waals surface area contributed by atoms with Gasteiger partial charge < -0.3 is 9.32 Å². The Morgan fingerprint density at radius 1 is 1.32 bits per heavy atom. The highest BCUT2D eigenvalue weighted by Gasteiger charge is 2.14. The van der Waals surface area contributed by atoms with Crippen molar-refractivity contribution in [3.05, 3.63) is 40.7 Å². The Balaban J connectivity index is 2.23. The van der Waals surface area contributed by atoms with Crippen LogP contribution in [0.4, 0.5) is 5.82 Å². The summed E-state index contributed by atoms with van der Waals surface area (Å²) in [5, 5.41) is 0.536. The van der Waals surface area contributed by atoms with Gasteiger partial charge in [0.25, 0.3) is 0 Å². The van der Waals surface area contributed by atoms with Crippen molar-refractivity contribution in [3.8, 4) is 0 Å². The number of aromatic nitrogens is 2. The Morgan fingerprint density at radius 3 is 2.74 bits per heavy atom. The molecule has 2 heterocycles. The smallest absolute Gasteiger partial charge is 0.137 e. The molecule has 0 aliphatic carbocycles. The van der Waals surface area contributed by atoms with Gasteiger partial charge >= 0.3 is 0 Å². The second-order valence-electron chi connectivity index (χ2n) is 4.59. The van der Waals surface area contributed by atoms with Gasteiger partial charge in [-0.1, -0.05) is 24.9 Å². The third kappa shape index (κ3) is 3.26. The second-order valence-corrected chi connectivity index (χ2v) is 4.94. The van der Waals surface area contributed by atoms with Crippen molar-refractivity contribution in [2.45, 2.75) is 33.2 Å². The van der Waals surface area contributed by atoms with Crippen LogP contribution in [-0.2, 0) is 13.0 Å². The Hall–Kier alpha value is -1.55. The number of rotatable bonds is 5. The first-order valence-corrected chi connectivity index (χ1v) is 6.75. The molecule has 0 spiro atoms. The van der Waals surface area contributed by atoms with Crippen molar-refractivity contribution < 1.29 is 4.42 Å². The fourth-order valence-corrected chi connectivity index (χ4v) is 2.28. The van der Waals surface area contributed by atoms with Gasteiger partial charge in [-0.3, -0.25) is 0 Å². The molecule has 5 heteroatoms. The van der Waals surface area contributed by atoms with Gasteiger partial charge in [0.15, 0.2) is 0 Å². The van der Waals surface area contributed by atoms with Gasteiger partial charge in [-0.25, -0.2) is 9.97 Å². The minimum Gasteiger partial charge on any atom is -0.464 e. The minimum absolute atomic E-state index is 0.536. The average molecular weight is 280 g/mol. The zero-order valence-corrected chi connectivity index (χ0v) is 12.2. The number of nitrogens with zero attached hydrogens (tertiary/aromatic N) is 3. The number of hydrogen-bond acceptors (Lipinski definition) is 4. The molecule has 0 N–H and O–H groups in total. The molecule has 0 bridgehead atoms. The fraction of sp³-hybridized carbons (Fsp3) is 0.429. The lowest BCUT2D eigenvalue weighted by molar-refractivity contribution is 0.481.